The van der Waals surface area contributed by atoms with Crippen molar-refractivity contribution >= 4 is 17.8 Å². The van der Waals surface area contributed by atoms with Crippen molar-refractivity contribution in [2.75, 3.05) is 13.2 Å². The molecule has 38 heavy (non-hydrogen) atoms. The highest BCUT2D eigenvalue weighted by Gasteiger charge is 2.28. The lowest BCUT2D eigenvalue weighted by atomic mass is 9.94. The number of carbonyl (C=O) groups is 2. The van der Waals surface area contributed by atoms with Gasteiger partial charge >= 0.3 is 5.97 Å². The fraction of sp³-hybridized carbons (Fsp3) is 0.621. The number of carbonyl (C=O) groups excluding carboxylic acids is 1. The Morgan fingerprint density at radius 3 is 2.21 bits per heavy atom. The molecule has 0 radical (unpaired) electrons. The second kappa shape index (κ2) is 21.1. The molecule has 9 heteroatoms. The molecule has 0 aromatic heterocycles. The van der Waals surface area contributed by atoms with Crippen molar-refractivity contribution in [1.82, 2.24) is 5.32 Å². The van der Waals surface area contributed by atoms with E-state index in [2.05, 4.69) is 62.3 Å². The van der Waals surface area contributed by atoms with Gasteiger partial charge in [0, 0.05) is 6.54 Å². The number of unbranched alkanes of at least 4 members (excludes halogenated alkanes) is 1. The molecule has 0 spiro atoms. The Labute approximate surface area is 228 Å². The highest BCUT2D eigenvalue weighted by Crippen LogP contribution is 2.17. The summed E-state index contributed by atoms with van der Waals surface area (Å²) in [7, 11) is 0. The van der Waals surface area contributed by atoms with E-state index < -0.39 is 36.5 Å². The standard InChI is InChI=1S/C29H50N4O5/c1-5-21(2)13-7-6-8-14-22(3)19-23(4)15-9-10-17-26(35)24(20-34)27(36)33-25(28(37)38)16-11-12-18-32-29(30)31/h6-10,13,15,17,21-26,34-35H,5,11-12,14,16,18-20H2,1-4H3,(H,33,36)(H,37,38)(H4,30,31,32). The number of aliphatic hydroxyl groups excluding tert-OH is 2. The van der Waals surface area contributed by atoms with E-state index in [4.69, 9.17) is 11.5 Å². The van der Waals surface area contributed by atoms with E-state index in [1.54, 1.807) is 6.08 Å². The van der Waals surface area contributed by atoms with Gasteiger partial charge in [-0.25, -0.2) is 4.79 Å². The maximum absolute atomic E-state index is 12.5. The summed E-state index contributed by atoms with van der Waals surface area (Å²) in [5.41, 5.74) is 10.5. The van der Waals surface area contributed by atoms with E-state index in [9.17, 15) is 24.9 Å². The molecule has 0 heterocycles. The molecule has 8 N–H and O–H groups in total. The Bertz CT molecular complexity index is 818. The first-order chi connectivity index (χ1) is 18.0. The molecule has 9 nitrogen and oxygen atoms in total. The number of guanidine groups is 1. The molecule has 216 valence electrons. The average molecular weight is 535 g/mol. The molecule has 6 atom stereocenters. The van der Waals surface area contributed by atoms with Crippen molar-refractivity contribution in [3.8, 4) is 0 Å². The van der Waals surface area contributed by atoms with E-state index >= 15 is 0 Å². The molecular weight excluding hydrogens is 484 g/mol. The lowest BCUT2D eigenvalue weighted by molar-refractivity contribution is -0.143. The average Bonchev–Trinajstić information content (AvgIpc) is 2.85. The Kier molecular flexibility index (Phi) is 19.5. The molecule has 0 bridgehead atoms. The molecule has 0 aromatic rings. The number of allylic oxidation sites excluding steroid dienone is 7. The van der Waals surface area contributed by atoms with E-state index in [0.29, 0.717) is 37.1 Å². The number of nitrogens with zero attached hydrogens (tertiary/aromatic N) is 1. The second-order valence-electron chi connectivity index (χ2n) is 10.0. The predicted molar refractivity (Wildman–Crippen MR) is 154 cm³/mol. The van der Waals surface area contributed by atoms with Crippen LogP contribution in [-0.4, -0.2) is 58.5 Å². The zero-order chi connectivity index (χ0) is 28.9. The minimum Gasteiger partial charge on any atom is -0.480 e. The number of nitrogens with two attached hydrogens (primary N) is 2. The summed E-state index contributed by atoms with van der Waals surface area (Å²) in [6.45, 7) is 8.45. The van der Waals surface area contributed by atoms with Gasteiger partial charge in [0.05, 0.1) is 18.6 Å². The number of carboxylic acids is 1. The van der Waals surface area contributed by atoms with Gasteiger partial charge in [-0.1, -0.05) is 82.7 Å². The number of nitrogens with one attached hydrogen (secondary N) is 1. The molecule has 0 aromatic carbocycles. The topological polar surface area (TPSA) is 171 Å². The van der Waals surface area contributed by atoms with Crippen molar-refractivity contribution in [2.45, 2.75) is 78.4 Å². The van der Waals surface area contributed by atoms with Crippen LogP contribution in [0.25, 0.3) is 0 Å². The summed E-state index contributed by atoms with van der Waals surface area (Å²) >= 11 is 0. The molecule has 0 aliphatic rings. The summed E-state index contributed by atoms with van der Waals surface area (Å²) < 4.78 is 0. The SMILES string of the molecule is CCC(C)C=CC=CCC(C)CC(C)C=CC=CC(O)C(CO)C(=O)NC(CCCCN=C(N)N)C(=O)O. The van der Waals surface area contributed by atoms with Crippen LogP contribution in [0, 0.1) is 23.7 Å². The fourth-order valence-electron chi connectivity index (χ4n) is 3.71. The maximum Gasteiger partial charge on any atom is 0.326 e. The maximum atomic E-state index is 12.5. The third-order valence-corrected chi connectivity index (χ3v) is 6.26. The van der Waals surface area contributed by atoms with Gasteiger partial charge < -0.3 is 32.1 Å². The van der Waals surface area contributed by atoms with Crippen molar-refractivity contribution < 1.29 is 24.9 Å². The minimum atomic E-state index is -1.26. The first-order valence-electron chi connectivity index (χ1n) is 13.6. The Balaban J connectivity index is 4.67. The molecule has 0 saturated heterocycles. The van der Waals surface area contributed by atoms with Crippen LogP contribution in [0.5, 0.6) is 0 Å². The number of hydrogen-bond acceptors (Lipinski definition) is 5. The van der Waals surface area contributed by atoms with Crippen molar-refractivity contribution in [3.05, 3.63) is 48.6 Å². The monoisotopic (exact) mass is 534 g/mol. The fourth-order valence-corrected chi connectivity index (χ4v) is 3.71. The number of aliphatic hydroxyl groups is 2. The van der Waals surface area contributed by atoms with Gasteiger partial charge in [-0.3, -0.25) is 9.79 Å². The Morgan fingerprint density at radius 2 is 1.61 bits per heavy atom. The van der Waals surface area contributed by atoms with Crippen LogP contribution in [0.4, 0.5) is 0 Å². The number of aliphatic imine (C=N–C) groups is 1. The van der Waals surface area contributed by atoms with Crippen LogP contribution < -0.4 is 16.8 Å². The molecule has 0 fully saturated rings. The zero-order valence-corrected chi connectivity index (χ0v) is 23.5. The van der Waals surface area contributed by atoms with Crippen molar-refractivity contribution in [3.63, 3.8) is 0 Å². The smallest absolute Gasteiger partial charge is 0.326 e. The zero-order valence-electron chi connectivity index (χ0n) is 23.5. The number of amides is 1. The van der Waals surface area contributed by atoms with E-state index in [1.165, 1.54) is 6.08 Å². The van der Waals surface area contributed by atoms with Crippen molar-refractivity contribution in [2.24, 2.45) is 40.1 Å². The third-order valence-electron chi connectivity index (χ3n) is 6.26. The van der Waals surface area contributed by atoms with Gasteiger partial charge in [-0.15, -0.1) is 0 Å². The summed E-state index contributed by atoms with van der Waals surface area (Å²) in [6, 6.07) is -1.14. The number of carboxylic acid groups (broad SMARTS) is 1. The van der Waals surface area contributed by atoms with Gasteiger partial charge in [-0.2, -0.15) is 0 Å². The minimum absolute atomic E-state index is 0.0340. The van der Waals surface area contributed by atoms with Gasteiger partial charge in [0.15, 0.2) is 5.96 Å². The van der Waals surface area contributed by atoms with Crippen LogP contribution in [0.2, 0.25) is 0 Å². The van der Waals surface area contributed by atoms with E-state index in [-0.39, 0.29) is 12.4 Å². The summed E-state index contributed by atoms with van der Waals surface area (Å²) in [4.78, 5) is 27.9. The first kappa shape index (κ1) is 35.1. The quantitative estimate of drug-likeness (QED) is 0.0602. The van der Waals surface area contributed by atoms with E-state index in [1.807, 2.05) is 12.2 Å². The van der Waals surface area contributed by atoms with Gasteiger partial charge in [-0.05, 0) is 49.9 Å². The summed E-state index contributed by atoms with van der Waals surface area (Å²) in [5, 5.41) is 31.8. The van der Waals surface area contributed by atoms with Crippen LogP contribution >= 0.6 is 0 Å². The Morgan fingerprint density at radius 1 is 0.974 bits per heavy atom. The molecule has 6 unspecified atom stereocenters. The molecule has 1 amide bonds. The van der Waals surface area contributed by atoms with Crippen LogP contribution in [0.15, 0.2) is 53.6 Å². The molecule has 0 aliphatic heterocycles. The summed E-state index contributed by atoms with van der Waals surface area (Å²) in [6.07, 6.45) is 18.6. The van der Waals surface area contributed by atoms with Crippen LogP contribution in [-0.2, 0) is 9.59 Å². The normalized spacial score (nSPS) is 17.0. The second-order valence-corrected chi connectivity index (χ2v) is 10.0. The predicted octanol–water partition coefficient (Wildman–Crippen LogP) is 3.29. The molecular formula is C29H50N4O5. The molecule has 0 rings (SSSR count). The molecule has 0 aliphatic carbocycles. The number of hydrogen-bond donors (Lipinski definition) is 6. The third kappa shape index (κ3) is 17.5. The number of rotatable bonds is 20. The molecule has 0 saturated carbocycles. The van der Waals surface area contributed by atoms with Gasteiger partial charge in [0.25, 0.3) is 0 Å². The number of aliphatic carboxylic acids is 1. The summed E-state index contributed by atoms with van der Waals surface area (Å²) in [5.74, 6) is -1.68. The highest BCUT2D eigenvalue weighted by molar-refractivity contribution is 5.85. The van der Waals surface area contributed by atoms with E-state index in [0.717, 1.165) is 19.3 Å². The van der Waals surface area contributed by atoms with Gasteiger partial charge in [0.1, 0.15) is 6.04 Å². The lowest BCUT2D eigenvalue weighted by Gasteiger charge is -2.21. The van der Waals surface area contributed by atoms with Crippen LogP contribution in [0.3, 0.4) is 0 Å². The Hall–Kier alpha value is -2.91. The largest absolute Gasteiger partial charge is 0.480 e. The van der Waals surface area contributed by atoms with Gasteiger partial charge in [0.2, 0.25) is 5.91 Å². The lowest BCUT2D eigenvalue weighted by Crippen LogP contribution is -2.47. The first-order valence-corrected chi connectivity index (χ1v) is 13.6. The van der Waals surface area contributed by atoms with Crippen LogP contribution in [0.1, 0.15) is 66.2 Å². The highest BCUT2D eigenvalue weighted by atomic mass is 16.4. The van der Waals surface area contributed by atoms with Crippen molar-refractivity contribution in [1.29, 1.82) is 0 Å².